The summed E-state index contributed by atoms with van der Waals surface area (Å²) < 4.78 is 23.3. The number of aryl methyl sites for hydroxylation is 1. The molecule has 0 saturated carbocycles. The van der Waals surface area contributed by atoms with Gasteiger partial charge in [-0.1, -0.05) is 0 Å². The van der Waals surface area contributed by atoms with E-state index in [1.54, 1.807) is 32.6 Å². The van der Waals surface area contributed by atoms with E-state index < -0.39 is 0 Å². The van der Waals surface area contributed by atoms with Gasteiger partial charge in [0.2, 0.25) is 0 Å². The van der Waals surface area contributed by atoms with Crippen LogP contribution in [-0.4, -0.2) is 20.4 Å². The molecule has 104 valence electrons. The van der Waals surface area contributed by atoms with Crippen LogP contribution in [0.25, 0.3) is 0 Å². The third-order valence-corrected chi connectivity index (χ3v) is 2.95. The van der Waals surface area contributed by atoms with Gasteiger partial charge < -0.3 is 9.47 Å². The first kappa shape index (κ1) is 14.1. The highest BCUT2D eigenvalue weighted by atomic mass is 19.1. The molecule has 0 amide bonds. The van der Waals surface area contributed by atoms with Gasteiger partial charge in [-0.25, -0.2) is 4.39 Å². The molecule has 20 heavy (non-hydrogen) atoms. The van der Waals surface area contributed by atoms with Crippen LogP contribution in [-0.2, 0) is 0 Å². The van der Waals surface area contributed by atoms with Crippen molar-refractivity contribution in [2.45, 2.75) is 6.92 Å². The second-order valence-corrected chi connectivity index (χ2v) is 4.30. The fourth-order valence-corrected chi connectivity index (χ4v) is 1.81. The van der Waals surface area contributed by atoms with Crippen molar-refractivity contribution in [2.24, 2.45) is 4.99 Å². The molecule has 0 aliphatic rings. The van der Waals surface area contributed by atoms with Crippen LogP contribution in [0.4, 0.5) is 10.1 Å². The molecule has 0 atom stereocenters. The predicted octanol–water partition coefficient (Wildman–Crippen LogP) is 3.90. The maximum Gasteiger partial charge on any atom is 0.161 e. The van der Waals surface area contributed by atoms with Gasteiger partial charge >= 0.3 is 0 Å². The molecule has 0 radical (unpaired) electrons. The van der Waals surface area contributed by atoms with Crippen LogP contribution >= 0.6 is 0 Å². The second-order valence-electron chi connectivity index (χ2n) is 4.30. The van der Waals surface area contributed by atoms with E-state index in [1.165, 1.54) is 12.1 Å². The number of rotatable bonds is 4. The second kappa shape index (κ2) is 6.19. The average molecular weight is 273 g/mol. The first-order chi connectivity index (χ1) is 9.63. The van der Waals surface area contributed by atoms with Crippen molar-refractivity contribution < 1.29 is 13.9 Å². The van der Waals surface area contributed by atoms with Crippen LogP contribution in [0.1, 0.15) is 11.1 Å². The highest BCUT2D eigenvalue weighted by molar-refractivity contribution is 5.85. The Balaban J connectivity index is 2.31. The van der Waals surface area contributed by atoms with Crippen LogP contribution in [0.2, 0.25) is 0 Å². The summed E-state index contributed by atoms with van der Waals surface area (Å²) in [6.45, 7) is 1.97. The van der Waals surface area contributed by atoms with E-state index in [0.29, 0.717) is 17.2 Å². The standard InChI is InChI=1S/C16H16FNO2/c1-11-8-15(19-2)16(20-3)9-12(11)10-18-14-6-4-13(17)5-7-14/h4-10H,1-3H3. The van der Waals surface area contributed by atoms with Crippen LogP contribution in [0.5, 0.6) is 11.5 Å². The summed E-state index contributed by atoms with van der Waals surface area (Å²) in [4.78, 5) is 4.32. The molecule has 0 aliphatic carbocycles. The van der Waals surface area contributed by atoms with E-state index in [1.807, 2.05) is 19.1 Å². The number of aliphatic imine (C=N–C) groups is 1. The van der Waals surface area contributed by atoms with Gasteiger partial charge in [-0.3, -0.25) is 4.99 Å². The van der Waals surface area contributed by atoms with Crippen molar-refractivity contribution in [3.05, 3.63) is 53.3 Å². The molecule has 2 rings (SSSR count). The predicted molar refractivity (Wildman–Crippen MR) is 77.9 cm³/mol. The maximum atomic E-state index is 12.8. The lowest BCUT2D eigenvalue weighted by atomic mass is 10.1. The van der Waals surface area contributed by atoms with Gasteiger partial charge in [0.05, 0.1) is 19.9 Å². The average Bonchev–Trinajstić information content (AvgIpc) is 2.47. The van der Waals surface area contributed by atoms with Crippen LogP contribution in [0, 0.1) is 12.7 Å². The first-order valence-electron chi connectivity index (χ1n) is 6.16. The van der Waals surface area contributed by atoms with E-state index in [9.17, 15) is 4.39 Å². The third kappa shape index (κ3) is 3.15. The third-order valence-electron chi connectivity index (χ3n) is 2.95. The molecule has 0 aromatic heterocycles. The van der Waals surface area contributed by atoms with Crippen LogP contribution in [0.3, 0.4) is 0 Å². The lowest BCUT2D eigenvalue weighted by Gasteiger charge is -2.10. The molecule has 0 bridgehead atoms. The molecular formula is C16H16FNO2. The fourth-order valence-electron chi connectivity index (χ4n) is 1.81. The Hall–Kier alpha value is -2.36. The minimum absolute atomic E-state index is 0.272. The quantitative estimate of drug-likeness (QED) is 0.791. The van der Waals surface area contributed by atoms with Gasteiger partial charge in [0.1, 0.15) is 5.82 Å². The summed E-state index contributed by atoms with van der Waals surface area (Å²) in [5.41, 5.74) is 2.64. The Morgan fingerprint density at radius 1 is 1.00 bits per heavy atom. The summed E-state index contributed by atoms with van der Waals surface area (Å²) in [6, 6.07) is 9.78. The van der Waals surface area contributed by atoms with Gasteiger partial charge in [-0.05, 0) is 54.4 Å². The summed E-state index contributed by atoms with van der Waals surface area (Å²) >= 11 is 0. The van der Waals surface area contributed by atoms with E-state index in [0.717, 1.165) is 11.1 Å². The summed E-state index contributed by atoms with van der Waals surface area (Å²) in [7, 11) is 3.19. The minimum atomic E-state index is -0.272. The molecule has 4 heteroatoms. The van der Waals surface area contributed by atoms with Crippen molar-refractivity contribution in [2.75, 3.05) is 14.2 Å². The molecule has 0 saturated heterocycles. The number of hydrogen-bond acceptors (Lipinski definition) is 3. The highest BCUT2D eigenvalue weighted by Gasteiger charge is 2.06. The van der Waals surface area contributed by atoms with Crippen LogP contribution in [0.15, 0.2) is 41.4 Å². The topological polar surface area (TPSA) is 30.8 Å². The Kier molecular flexibility index (Phi) is 4.35. The lowest BCUT2D eigenvalue weighted by Crippen LogP contribution is -1.95. The zero-order chi connectivity index (χ0) is 14.5. The fraction of sp³-hybridized carbons (Fsp3) is 0.188. The van der Waals surface area contributed by atoms with Crippen molar-refractivity contribution >= 4 is 11.9 Å². The number of nitrogens with zero attached hydrogens (tertiary/aromatic N) is 1. The van der Waals surface area contributed by atoms with Gasteiger partial charge in [-0.2, -0.15) is 0 Å². The van der Waals surface area contributed by atoms with Crippen molar-refractivity contribution in [1.82, 2.24) is 0 Å². The molecular weight excluding hydrogens is 257 g/mol. The van der Waals surface area contributed by atoms with Crippen molar-refractivity contribution in [1.29, 1.82) is 0 Å². The summed E-state index contributed by atoms with van der Waals surface area (Å²) in [5, 5.41) is 0. The van der Waals surface area contributed by atoms with Gasteiger partial charge in [0, 0.05) is 6.21 Å². The highest BCUT2D eigenvalue weighted by Crippen LogP contribution is 2.29. The Morgan fingerprint density at radius 3 is 2.20 bits per heavy atom. The van der Waals surface area contributed by atoms with Crippen LogP contribution < -0.4 is 9.47 Å². The normalized spacial score (nSPS) is 10.8. The van der Waals surface area contributed by atoms with E-state index in [2.05, 4.69) is 4.99 Å². The molecule has 2 aromatic carbocycles. The van der Waals surface area contributed by atoms with Crippen molar-refractivity contribution in [3.63, 3.8) is 0 Å². The molecule has 0 aliphatic heterocycles. The van der Waals surface area contributed by atoms with Gasteiger partial charge in [0.25, 0.3) is 0 Å². The largest absolute Gasteiger partial charge is 0.493 e. The molecule has 0 N–H and O–H groups in total. The molecule has 0 unspecified atom stereocenters. The van der Waals surface area contributed by atoms with E-state index in [-0.39, 0.29) is 5.82 Å². The SMILES string of the molecule is COc1cc(C)c(C=Nc2ccc(F)cc2)cc1OC. The molecule has 0 heterocycles. The van der Waals surface area contributed by atoms with E-state index in [4.69, 9.17) is 9.47 Å². The number of hydrogen-bond donors (Lipinski definition) is 0. The number of benzene rings is 2. The first-order valence-corrected chi connectivity index (χ1v) is 6.16. The zero-order valence-corrected chi connectivity index (χ0v) is 11.7. The number of ether oxygens (including phenoxy) is 2. The molecule has 3 nitrogen and oxygen atoms in total. The molecule has 0 spiro atoms. The molecule has 2 aromatic rings. The lowest BCUT2D eigenvalue weighted by molar-refractivity contribution is 0.354. The monoisotopic (exact) mass is 273 g/mol. The smallest absolute Gasteiger partial charge is 0.161 e. The number of halogens is 1. The van der Waals surface area contributed by atoms with Gasteiger partial charge in [-0.15, -0.1) is 0 Å². The zero-order valence-electron chi connectivity index (χ0n) is 11.7. The Morgan fingerprint density at radius 2 is 1.60 bits per heavy atom. The molecule has 0 fully saturated rings. The Bertz CT molecular complexity index is 621. The van der Waals surface area contributed by atoms with Crippen molar-refractivity contribution in [3.8, 4) is 11.5 Å². The summed E-state index contributed by atoms with van der Waals surface area (Å²) in [5.74, 6) is 1.06. The van der Waals surface area contributed by atoms with Gasteiger partial charge in [0.15, 0.2) is 11.5 Å². The Labute approximate surface area is 117 Å². The maximum absolute atomic E-state index is 12.8. The minimum Gasteiger partial charge on any atom is -0.493 e. The van der Waals surface area contributed by atoms with E-state index >= 15 is 0 Å². The number of methoxy groups -OCH3 is 2. The summed E-state index contributed by atoms with van der Waals surface area (Å²) in [6.07, 6.45) is 1.73.